The summed E-state index contributed by atoms with van der Waals surface area (Å²) >= 11 is 0. The van der Waals surface area contributed by atoms with Gasteiger partial charge in [0.1, 0.15) is 0 Å². The Kier molecular flexibility index (Phi) is 3.07. The molecule has 0 amide bonds. The van der Waals surface area contributed by atoms with E-state index in [1.54, 1.807) is 0 Å². The van der Waals surface area contributed by atoms with Gasteiger partial charge in [-0.2, -0.15) is 0 Å². The lowest BCUT2D eigenvalue weighted by Gasteiger charge is -2.63. The molecule has 2 unspecified atom stereocenters. The van der Waals surface area contributed by atoms with Crippen LogP contribution in [0.3, 0.4) is 0 Å². The van der Waals surface area contributed by atoms with Crippen molar-refractivity contribution in [2.75, 3.05) is 0 Å². The number of hydrogen-bond acceptors (Lipinski definition) is 2. The molecule has 5 atom stereocenters. The van der Waals surface area contributed by atoms with Crippen LogP contribution in [0.15, 0.2) is 0 Å². The molecule has 0 spiro atoms. The van der Waals surface area contributed by atoms with E-state index in [1.807, 2.05) is 0 Å². The molecule has 0 radical (unpaired) electrons. The smallest absolute Gasteiger partial charge is 0.155 e. The van der Waals surface area contributed by atoms with Gasteiger partial charge in [0.05, 0.1) is 5.60 Å². The number of rotatable bonds is 0. The molecule has 3 aliphatic rings. The van der Waals surface area contributed by atoms with Gasteiger partial charge in [-0.3, -0.25) is 0 Å². The fraction of sp³-hybridized carbons (Fsp3) is 1.00. The molecule has 2 nitrogen and oxygen atoms in total. The molecule has 19 heavy (non-hydrogen) atoms. The molecule has 3 fully saturated rings. The van der Waals surface area contributed by atoms with Crippen molar-refractivity contribution < 1.29 is 9.84 Å². The topological polar surface area (TPSA) is 29.5 Å². The Bertz CT molecular complexity index is 364. The Hall–Kier alpha value is -0.0800. The molecule has 0 aromatic heterocycles. The number of hydrogen-bond donors (Lipinski definition) is 1. The zero-order chi connectivity index (χ0) is 13.9. The minimum atomic E-state index is -0.530. The van der Waals surface area contributed by atoms with Crippen LogP contribution < -0.4 is 0 Å². The predicted octanol–water partition coefficient (Wildman–Crippen LogP) is 4.12. The standard InChI is InChI=1S/C17H30O2/c1-15(2)9-5-10-16(3)12(15)8-11-17(4)13(16)6-7-14(18)19-17/h12-14,18H,5-11H2,1-4H3/t12?,13-,14?,16+,17-/m1/s1. The maximum Gasteiger partial charge on any atom is 0.155 e. The molecule has 1 heterocycles. The number of ether oxygens (including phenoxy) is 1. The van der Waals surface area contributed by atoms with Crippen LogP contribution in [0, 0.1) is 22.7 Å². The molecule has 2 aliphatic carbocycles. The Morgan fingerprint density at radius 1 is 0.895 bits per heavy atom. The summed E-state index contributed by atoms with van der Waals surface area (Å²) in [6.45, 7) is 9.71. The molecule has 1 saturated heterocycles. The Labute approximate surface area is 117 Å². The largest absolute Gasteiger partial charge is 0.368 e. The maximum absolute atomic E-state index is 9.87. The maximum atomic E-state index is 9.87. The first-order valence-corrected chi connectivity index (χ1v) is 8.14. The number of aliphatic hydroxyl groups is 1. The summed E-state index contributed by atoms with van der Waals surface area (Å²) in [6.07, 6.45) is 7.90. The molecule has 1 N–H and O–H groups in total. The van der Waals surface area contributed by atoms with Gasteiger partial charge in [0.15, 0.2) is 6.29 Å². The van der Waals surface area contributed by atoms with E-state index in [2.05, 4.69) is 27.7 Å². The summed E-state index contributed by atoms with van der Waals surface area (Å²) in [5.74, 6) is 1.45. The lowest BCUT2D eigenvalue weighted by Crippen LogP contribution is -2.60. The predicted molar refractivity (Wildman–Crippen MR) is 76.7 cm³/mol. The summed E-state index contributed by atoms with van der Waals surface area (Å²) in [7, 11) is 0. The molecule has 0 aromatic rings. The Morgan fingerprint density at radius 3 is 2.37 bits per heavy atom. The summed E-state index contributed by atoms with van der Waals surface area (Å²) in [4.78, 5) is 0. The fourth-order valence-corrected chi connectivity index (χ4v) is 6.06. The van der Waals surface area contributed by atoms with Crippen molar-refractivity contribution in [2.24, 2.45) is 22.7 Å². The highest BCUT2D eigenvalue weighted by molar-refractivity contribution is 5.08. The van der Waals surface area contributed by atoms with Gasteiger partial charge in [0.2, 0.25) is 0 Å². The lowest BCUT2D eigenvalue weighted by molar-refractivity contribution is -0.280. The van der Waals surface area contributed by atoms with Crippen LogP contribution >= 0.6 is 0 Å². The summed E-state index contributed by atoms with van der Waals surface area (Å²) in [5.41, 5.74) is 0.801. The molecule has 2 heteroatoms. The molecular formula is C17H30O2. The van der Waals surface area contributed by atoms with Crippen molar-refractivity contribution in [3.63, 3.8) is 0 Å². The highest BCUT2D eigenvalue weighted by Crippen LogP contribution is 2.64. The third-order valence-corrected chi connectivity index (χ3v) is 6.85. The highest BCUT2D eigenvalue weighted by Gasteiger charge is 2.60. The van der Waals surface area contributed by atoms with Crippen molar-refractivity contribution in [1.29, 1.82) is 0 Å². The van der Waals surface area contributed by atoms with Crippen LogP contribution in [0.5, 0.6) is 0 Å². The molecule has 0 bridgehead atoms. The molecule has 110 valence electrons. The quantitative estimate of drug-likeness (QED) is 0.715. The van der Waals surface area contributed by atoms with Gasteiger partial charge in [-0.25, -0.2) is 0 Å². The summed E-state index contributed by atoms with van der Waals surface area (Å²) in [6, 6.07) is 0. The van der Waals surface area contributed by atoms with E-state index in [4.69, 9.17) is 4.74 Å². The van der Waals surface area contributed by atoms with Crippen molar-refractivity contribution >= 4 is 0 Å². The van der Waals surface area contributed by atoms with Crippen LogP contribution in [0.1, 0.15) is 72.6 Å². The van der Waals surface area contributed by atoms with Crippen molar-refractivity contribution in [3.8, 4) is 0 Å². The van der Waals surface area contributed by atoms with E-state index in [0.29, 0.717) is 16.7 Å². The van der Waals surface area contributed by atoms with Crippen LogP contribution in [-0.2, 0) is 4.74 Å². The zero-order valence-corrected chi connectivity index (χ0v) is 13.0. The van der Waals surface area contributed by atoms with Crippen molar-refractivity contribution in [1.82, 2.24) is 0 Å². The third-order valence-electron chi connectivity index (χ3n) is 6.85. The van der Waals surface area contributed by atoms with Crippen LogP contribution in [-0.4, -0.2) is 17.0 Å². The normalized spacial score (nSPS) is 53.2. The van der Waals surface area contributed by atoms with Crippen LogP contribution in [0.4, 0.5) is 0 Å². The third kappa shape index (κ3) is 1.98. The van der Waals surface area contributed by atoms with Gasteiger partial charge < -0.3 is 9.84 Å². The van der Waals surface area contributed by atoms with E-state index >= 15 is 0 Å². The van der Waals surface area contributed by atoms with E-state index < -0.39 is 6.29 Å². The second kappa shape index (κ2) is 4.21. The molecule has 0 aromatic carbocycles. The van der Waals surface area contributed by atoms with Gasteiger partial charge in [-0.05, 0) is 68.1 Å². The van der Waals surface area contributed by atoms with E-state index in [0.717, 1.165) is 25.2 Å². The monoisotopic (exact) mass is 266 g/mol. The van der Waals surface area contributed by atoms with Gasteiger partial charge in [-0.15, -0.1) is 0 Å². The molecule has 3 rings (SSSR count). The number of fused-ring (bicyclic) bond motifs is 3. The van der Waals surface area contributed by atoms with Gasteiger partial charge in [0.25, 0.3) is 0 Å². The first-order chi connectivity index (χ1) is 8.78. The SMILES string of the molecule is CC1(C)CCC[C@@]2(C)C1CC[C@@]1(C)OC(O)CC[C@@H]12. The average molecular weight is 266 g/mol. The van der Waals surface area contributed by atoms with E-state index in [9.17, 15) is 5.11 Å². The Balaban J connectivity index is 1.94. The van der Waals surface area contributed by atoms with E-state index in [1.165, 1.54) is 25.7 Å². The van der Waals surface area contributed by atoms with Crippen molar-refractivity contribution in [3.05, 3.63) is 0 Å². The second-order valence-corrected chi connectivity index (χ2v) is 8.45. The van der Waals surface area contributed by atoms with Crippen LogP contribution in [0.2, 0.25) is 0 Å². The first kappa shape index (κ1) is 13.9. The molecule has 2 saturated carbocycles. The van der Waals surface area contributed by atoms with Gasteiger partial charge in [-0.1, -0.05) is 27.2 Å². The Morgan fingerprint density at radius 2 is 1.63 bits per heavy atom. The van der Waals surface area contributed by atoms with Crippen LogP contribution in [0.25, 0.3) is 0 Å². The zero-order valence-electron chi connectivity index (χ0n) is 13.0. The highest BCUT2D eigenvalue weighted by atomic mass is 16.6. The minimum absolute atomic E-state index is 0.0870. The molecule has 1 aliphatic heterocycles. The second-order valence-electron chi connectivity index (χ2n) is 8.45. The summed E-state index contributed by atoms with van der Waals surface area (Å²) < 4.78 is 6.02. The molecular weight excluding hydrogens is 236 g/mol. The average Bonchev–Trinajstić information content (AvgIpc) is 2.25. The lowest BCUT2D eigenvalue weighted by atomic mass is 9.45. The minimum Gasteiger partial charge on any atom is -0.368 e. The fourth-order valence-electron chi connectivity index (χ4n) is 6.06. The van der Waals surface area contributed by atoms with Gasteiger partial charge in [0, 0.05) is 0 Å². The number of aliphatic hydroxyl groups excluding tert-OH is 1. The van der Waals surface area contributed by atoms with E-state index in [-0.39, 0.29) is 5.60 Å². The van der Waals surface area contributed by atoms with Gasteiger partial charge >= 0.3 is 0 Å². The first-order valence-electron chi connectivity index (χ1n) is 8.14. The summed E-state index contributed by atoms with van der Waals surface area (Å²) in [5, 5.41) is 9.87. The van der Waals surface area contributed by atoms with Crippen molar-refractivity contribution in [2.45, 2.75) is 84.5 Å².